The average molecular weight is 599 g/mol. The van der Waals surface area contributed by atoms with Gasteiger partial charge in [-0.3, -0.25) is 4.79 Å². The highest BCUT2D eigenvalue weighted by atomic mass is 19.4. The Bertz CT molecular complexity index is 1440. The smallest absolute Gasteiger partial charge is 0.389 e. The minimum absolute atomic E-state index is 0.0897. The van der Waals surface area contributed by atoms with Gasteiger partial charge < -0.3 is 31.3 Å². The standard InChI is InChI=1S/C32H41F3N6O2/c1-19-15-21(20-11-13-41(14-12-20)18-30(2,3)43)9-10-24(19)39-29-37-17-23(32(33,34)35)27(40-29)36-16-22-7-6-8-25-26(22)31(4,5)28(42)38-25/h6-10,15,17,20,29,36,39-40,43H,11-14,16,18H2,1-5H3,(H,38,42). The van der Waals surface area contributed by atoms with Crippen LogP contribution in [0.2, 0.25) is 0 Å². The molecule has 3 aliphatic heterocycles. The van der Waals surface area contributed by atoms with Crippen molar-refractivity contribution in [3.05, 3.63) is 70.0 Å². The van der Waals surface area contributed by atoms with Crippen LogP contribution in [0.5, 0.6) is 0 Å². The number of aryl methyl sites for hydroxylation is 1. The third-order valence-corrected chi connectivity index (χ3v) is 8.47. The van der Waals surface area contributed by atoms with Crippen molar-refractivity contribution in [3.8, 4) is 0 Å². The van der Waals surface area contributed by atoms with Crippen LogP contribution in [-0.2, 0) is 16.8 Å². The van der Waals surface area contributed by atoms with Crippen LogP contribution in [0.3, 0.4) is 0 Å². The van der Waals surface area contributed by atoms with E-state index in [1.807, 2.05) is 32.9 Å². The lowest BCUT2D eigenvalue weighted by Gasteiger charge is -2.35. The highest BCUT2D eigenvalue weighted by molar-refractivity contribution is 6.06. The number of nitrogens with one attached hydrogen (secondary N) is 4. The number of amides is 1. The molecule has 11 heteroatoms. The molecule has 2 aromatic rings. The Morgan fingerprint density at radius 3 is 2.51 bits per heavy atom. The molecule has 0 radical (unpaired) electrons. The Kier molecular flexibility index (Phi) is 8.26. The van der Waals surface area contributed by atoms with E-state index in [4.69, 9.17) is 0 Å². The van der Waals surface area contributed by atoms with Crippen LogP contribution in [0.4, 0.5) is 24.5 Å². The van der Waals surface area contributed by atoms with Crippen molar-refractivity contribution in [2.24, 2.45) is 4.99 Å². The maximum atomic E-state index is 13.9. The Labute approximate surface area is 250 Å². The van der Waals surface area contributed by atoms with E-state index in [-0.39, 0.29) is 18.3 Å². The largest absolute Gasteiger partial charge is 0.421 e. The third-order valence-electron chi connectivity index (χ3n) is 8.47. The SMILES string of the molecule is Cc1cc(C2CCN(CC(C)(C)O)CC2)ccc1NC1N=CC(C(F)(F)F)=C(NCc2cccc3c2C(C)(C)C(=O)N3)N1. The number of aliphatic imine (C=N–C) groups is 1. The van der Waals surface area contributed by atoms with Crippen LogP contribution in [0.15, 0.2) is 52.8 Å². The Morgan fingerprint density at radius 1 is 1.14 bits per heavy atom. The zero-order valence-corrected chi connectivity index (χ0v) is 25.3. The van der Waals surface area contributed by atoms with Crippen molar-refractivity contribution in [2.75, 3.05) is 30.3 Å². The number of aliphatic hydroxyl groups is 1. The first-order valence-electron chi connectivity index (χ1n) is 14.7. The van der Waals surface area contributed by atoms with Gasteiger partial charge in [-0.2, -0.15) is 13.2 Å². The number of benzene rings is 2. The number of β-amino-alcohol motifs (C(OH)–C–C–N with tert-alkyl or cyclic N) is 1. The molecule has 5 rings (SSSR count). The molecule has 1 saturated heterocycles. The summed E-state index contributed by atoms with van der Waals surface area (Å²) in [5, 5.41) is 22.0. The predicted octanol–water partition coefficient (Wildman–Crippen LogP) is 5.11. The molecular formula is C32H41F3N6O2. The van der Waals surface area contributed by atoms with Crippen LogP contribution in [-0.4, -0.2) is 59.8 Å². The monoisotopic (exact) mass is 598 g/mol. The van der Waals surface area contributed by atoms with Gasteiger partial charge in [0, 0.05) is 30.7 Å². The van der Waals surface area contributed by atoms with Gasteiger partial charge in [0.25, 0.3) is 0 Å². The number of carbonyl (C=O) groups excluding carboxylic acids is 1. The highest BCUT2D eigenvalue weighted by Crippen LogP contribution is 2.40. The van der Waals surface area contributed by atoms with E-state index in [9.17, 15) is 23.1 Å². The number of likely N-dealkylation sites (tertiary alicyclic amines) is 1. The molecule has 0 aromatic heterocycles. The number of allylic oxidation sites excluding steroid dienone is 1. The summed E-state index contributed by atoms with van der Waals surface area (Å²) in [6.07, 6.45) is -2.57. The number of piperidine rings is 1. The first kappa shape index (κ1) is 30.9. The third kappa shape index (κ3) is 6.83. The van der Waals surface area contributed by atoms with Crippen LogP contribution >= 0.6 is 0 Å². The highest BCUT2D eigenvalue weighted by Gasteiger charge is 2.41. The molecule has 3 heterocycles. The van der Waals surface area contributed by atoms with Crippen molar-refractivity contribution in [1.29, 1.82) is 0 Å². The summed E-state index contributed by atoms with van der Waals surface area (Å²) >= 11 is 0. The van der Waals surface area contributed by atoms with E-state index < -0.39 is 29.1 Å². The average Bonchev–Trinajstić information content (AvgIpc) is 3.15. The van der Waals surface area contributed by atoms with Gasteiger partial charge in [0.2, 0.25) is 5.91 Å². The molecule has 232 valence electrons. The lowest BCUT2D eigenvalue weighted by molar-refractivity contribution is -0.119. The number of carbonyl (C=O) groups is 1. The molecule has 1 unspecified atom stereocenters. The lowest BCUT2D eigenvalue weighted by Crippen LogP contribution is -2.44. The molecule has 0 aliphatic carbocycles. The number of fused-ring (bicyclic) bond motifs is 1. The van der Waals surface area contributed by atoms with E-state index in [0.29, 0.717) is 18.2 Å². The summed E-state index contributed by atoms with van der Waals surface area (Å²) < 4.78 is 41.8. The number of halogens is 3. The first-order chi connectivity index (χ1) is 20.1. The fourth-order valence-electron chi connectivity index (χ4n) is 6.29. The van der Waals surface area contributed by atoms with Crippen molar-refractivity contribution in [3.63, 3.8) is 0 Å². The van der Waals surface area contributed by atoms with Gasteiger partial charge in [0.1, 0.15) is 11.4 Å². The number of nitrogens with zero attached hydrogens (tertiary/aromatic N) is 2. The molecule has 1 amide bonds. The Morgan fingerprint density at radius 2 is 1.86 bits per heavy atom. The maximum absolute atomic E-state index is 13.9. The quantitative estimate of drug-likeness (QED) is 0.290. The number of hydrogen-bond acceptors (Lipinski definition) is 7. The summed E-state index contributed by atoms with van der Waals surface area (Å²) in [5.74, 6) is 0.0920. The second-order valence-electron chi connectivity index (χ2n) is 13.0. The molecule has 3 aliphatic rings. The Hall–Kier alpha value is -3.57. The van der Waals surface area contributed by atoms with Crippen molar-refractivity contribution in [2.45, 2.75) is 83.4 Å². The number of anilines is 2. The van der Waals surface area contributed by atoms with E-state index >= 15 is 0 Å². The van der Waals surface area contributed by atoms with Crippen LogP contribution in [0, 0.1) is 6.92 Å². The number of rotatable bonds is 8. The molecule has 0 bridgehead atoms. The van der Waals surface area contributed by atoms with Crippen molar-refractivity contribution < 1.29 is 23.1 Å². The van der Waals surface area contributed by atoms with Crippen LogP contribution in [0.25, 0.3) is 0 Å². The van der Waals surface area contributed by atoms with Crippen LogP contribution in [0.1, 0.15) is 68.7 Å². The number of hydrogen-bond donors (Lipinski definition) is 5. The van der Waals surface area contributed by atoms with E-state index in [1.54, 1.807) is 26.0 Å². The second-order valence-corrected chi connectivity index (χ2v) is 13.0. The molecule has 0 spiro atoms. The molecule has 43 heavy (non-hydrogen) atoms. The summed E-state index contributed by atoms with van der Waals surface area (Å²) in [6.45, 7) is 11.8. The molecule has 1 atom stereocenters. The molecule has 0 saturated carbocycles. The van der Waals surface area contributed by atoms with Gasteiger partial charge in [-0.1, -0.05) is 24.3 Å². The zero-order valence-electron chi connectivity index (χ0n) is 25.3. The van der Waals surface area contributed by atoms with E-state index in [0.717, 1.165) is 54.5 Å². The van der Waals surface area contributed by atoms with Gasteiger partial charge in [-0.15, -0.1) is 0 Å². The summed E-state index contributed by atoms with van der Waals surface area (Å²) in [7, 11) is 0. The van der Waals surface area contributed by atoms with Crippen molar-refractivity contribution >= 4 is 23.5 Å². The predicted molar refractivity (Wildman–Crippen MR) is 163 cm³/mol. The number of alkyl halides is 3. The van der Waals surface area contributed by atoms with Gasteiger partial charge in [0.05, 0.1) is 11.0 Å². The summed E-state index contributed by atoms with van der Waals surface area (Å²) in [6, 6.07) is 11.6. The molecule has 2 aromatic carbocycles. The molecule has 8 nitrogen and oxygen atoms in total. The van der Waals surface area contributed by atoms with Gasteiger partial charge in [-0.05, 0) is 101 Å². The maximum Gasteiger partial charge on any atom is 0.421 e. The molecular weight excluding hydrogens is 557 g/mol. The summed E-state index contributed by atoms with van der Waals surface area (Å²) in [5.41, 5.74) is 2.78. The Balaban J connectivity index is 1.26. The normalized spacial score (nSPS) is 21.0. The minimum atomic E-state index is -4.61. The fourth-order valence-corrected chi connectivity index (χ4v) is 6.29. The minimum Gasteiger partial charge on any atom is -0.389 e. The van der Waals surface area contributed by atoms with Gasteiger partial charge in [0.15, 0.2) is 6.29 Å². The summed E-state index contributed by atoms with van der Waals surface area (Å²) in [4.78, 5) is 18.9. The molecule has 1 fully saturated rings. The lowest BCUT2D eigenvalue weighted by atomic mass is 9.83. The first-order valence-corrected chi connectivity index (χ1v) is 14.7. The van der Waals surface area contributed by atoms with Gasteiger partial charge in [-0.25, -0.2) is 4.99 Å². The topological polar surface area (TPSA) is 101 Å². The zero-order chi connectivity index (χ0) is 31.2. The fraction of sp³-hybridized carbons (Fsp3) is 0.500. The second kappa shape index (κ2) is 11.5. The van der Waals surface area contributed by atoms with Gasteiger partial charge >= 0.3 is 6.18 Å². The van der Waals surface area contributed by atoms with Crippen LogP contribution < -0.4 is 21.3 Å². The van der Waals surface area contributed by atoms with E-state index in [1.165, 1.54) is 5.56 Å². The van der Waals surface area contributed by atoms with E-state index in [2.05, 4.69) is 43.3 Å². The van der Waals surface area contributed by atoms with Crippen molar-refractivity contribution in [1.82, 2.24) is 15.5 Å². The molecule has 5 N–H and O–H groups in total.